The number of piperazine rings is 1. The molecule has 0 unspecified atom stereocenters. The molecule has 2 amide bonds. The second-order valence-electron chi connectivity index (χ2n) is 10.4. The van der Waals surface area contributed by atoms with Crippen LogP contribution in [-0.4, -0.2) is 57.1 Å². The average Bonchev–Trinajstić information content (AvgIpc) is 3.05. The standard InChI is InChI=1S/C34H32FN3O4/c1-41-25-15-11-23(12-16-25)32-31(34(40)37-21-19-36(20-22-37)30-10-6-5-9-29(30)35)27-7-3-4-8-28(27)33(39)38(32)24-13-17-26(42-2)18-14-24/h3-18,31-32H,19-22H2,1-2H3/t31-,32-/m1/s1. The molecule has 4 aromatic rings. The van der Waals surface area contributed by atoms with E-state index < -0.39 is 12.0 Å². The number of benzene rings is 4. The maximum Gasteiger partial charge on any atom is 0.259 e. The molecule has 0 radical (unpaired) electrons. The van der Waals surface area contributed by atoms with E-state index in [4.69, 9.17) is 9.47 Å². The van der Waals surface area contributed by atoms with E-state index in [2.05, 4.69) is 0 Å². The molecule has 6 rings (SSSR count). The summed E-state index contributed by atoms with van der Waals surface area (Å²) in [5.41, 5.74) is 3.23. The number of methoxy groups -OCH3 is 2. The van der Waals surface area contributed by atoms with E-state index in [0.29, 0.717) is 60.2 Å². The Bertz CT molecular complexity index is 1580. The average molecular weight is 566 g/mol. The third-order valence-electron chi connectivity index (χ3n) is 8.20. The van der Waals surface area contributed by atoms with Crippen molar-refractivity contribution < 1.29 is 23.5 Å². The van der Waals surface area contributed by atoms with E-state index in [1.54, 1.807) is 37.3 Å². The Morgan fingerprint density at radius 3 is 2.00 bits per heavy atom. The third-order valence-corrected chi connectivity index (χ3v) is 8.20. The molecule has 0 aliphatic carbocycles. The Balaban J connectivity index is 1.41. The zero-order valence-electron chi connectivity index (χ0n) is 23.6. The SMILES string of the molecule is COc1ccc([C@@H]2[C@H](C(=O)N3CCN(c4ccccc4F)CC3)c3ccccc3C(=O)N2c2ccc(OC)cc2)cc1. The van der Waals surface area contributed by atoms with Crippen LogP contribution in [0.2, 0.25) is 0 Å². The fraction of sp³-hybridized carbons (Fsp3) is 0.235. The first kappa shape index (κ1) is 27.3. The van der Waals surface area contributed by atoms with Gasteiger partial charge in [0.2, 0.25) is 5.91 Å². The number of rotatable bonds is 6. The van der Waals surface area contributed by atoms with Crippen LogP contribution in [0.25, 0.3) is 0 Å². The lowest BCUT2D eigenvalue weighted by molar-refractivity contribution is -0.133. The third kappa shape index (κ3) is 4.93. The molecule has 4 aromatic carbocycles. The number of nitrogens with zero attached hydrogens (tertiary/aromatic N) is 3. The highest BCUT2D eigenvalue weighted by atomic mass is 19.1. The maximum absolute atomic E-state index is 14.6. The largest absolute Gasteiger partial charge is 0.497 e. The minimum atomic E-state index is -0.658. The monoisotopic (exact) mass is 565 g/mol. The summed E-state index contributed by atoms with van der Waals surface area (Å²) >= 11 is 0. The van der Waals surface area contributed by atoms with Gasteiger partial charge in [-0.1, -0.05) is 42.5 Å². The van der Waals surface area contributed by atoms with Crippen LogP contribution in [0.5, 0.6) is 11.5 Å². The van der Waals surface area contributed by atoms with Crippen molar-refractivity contribution in [2.45, 2.75) is 12.0 Å². The number of fused-ring (bicyclic) bond motifs is 1. The number of carbonyl (C=O) groups is 2. The molecule has 2 aliphatic rings. The highest BCUT2D eigenvalue weighted by Crippen LogP contribution is 2.46. The van der Waals surface area contributed by atoms with Crippen LogP contribution in [0.15, 0.2) is 97.1 Å². The maximum atomic E-state index is 14.6. The molecule has 42 heavy (non-hydrogen) atoms. The second kappa shape index (κ2) is 11.6. The number of amides is 2. The summed E-state index contributed by atoms with van der Waals surface area (Å²) in [6.45, 7) is 1.90. The van der Waals surface area contributed by atoms with Gasteiger partial charge in [-0.2, -0.15) is 0 Å². The van der Waals surface area contributed by atoms with Gasteiger partial charge in [-0.3, -0.25) is 14.5 Å². The van der Waals surface area contributed by atoms with Crippen molar-refractivity contribution in [3.8, 4) is 11.5 Å². The molecule has 0 bridgehead atoms. The first-order chi connectivity index (χ1) is 20.5. The Morgan fingerprint density at radius 2 is 1.36 bits per heavy atom. The lowest BCUT2D eigenvalue weighted by Crippen LogP contribution is -2.53. The number of hydrogen-bond donors (Lipinski definition) is 0. The number of carbonyl (C=O) groups excluding carboxylic acids is 2. The Morgan fingerprint density at radius 1 is 0.762 bits per heavy atom. The highest BCUT2D eigenvalue weighted by molar-refractivity contribution is 6.11. The van der Waals surface area contributed by atoms with Crippen LogP contribution >= 0.6 is 0 Å². The summed E-state index contributed by atoms with van der Waals surface area (Å²) in [6, 6.07) is 28.3. The molecule has 8 heteroatoms. The Kier molecular flexibility index (Phi) is 7.52. The second-order valence-corrected chi connectivity index (χ2v) is 10.4. The zero-order chi connectivity index (χ0) is 29.2. The molecule has 7 nitrogen and oxygen atoms in total. The van der Waals surface area contributed by atoms with Crippen molar-refractivity contribution in [1.29, 1.82) is 0 Å². The van der Waals surface area contributed by atoms with E-state index in [0.717, 1.165) is 5.56 Å². The van der Waals surface area contributed by atoms with Crippen LogP contribution in [-0.2, 0) is 4.79 Å². The quantitative estimate of drug-likeness (QED) is 0.301. The highest BCUT2D eigenvalue weighted by Gasteiger charge is 2.46. The molecule has 2 aliphatic heterocycles. The molecular weight excluding hydrogens is 533 g/mol. The lowest BCUT2D eigenvalue weighted by Gasteiger charge is -2.44. The number of halogens is 1. The van der Waals surface area contributed by atoms with Crippen molar-refractivity contribution in [3.05, 3.63) is 120 Å². The molecule has 2 atom stereocenters. The fourth-order valence-corrected chi connectivity index (χ4v) is 6.04. The smallest absolute Gasteiger partial charge is 0.259 e. The predicted octanol–water partition coefficient (Wildman–Crippen LogP) is 5.68. The van der Waals surface area contributed by atoms with Crippen molar-refractivity contribution in [3.63, 3.8) is 0 Å². The van der Waals surface area contributed by atoms with Gasteiger partial charge in [0.1, 0.15) is 17.3 Å². The summed E-state index contributed by atoms with van der Waals surface area (Å²) in [5.74, 6) is 0.183. The van der Waals surface area contributed by atoms with Gasteiger partial charge in [-0.25, -0.2) is 4.39 Å². The Labute approximate surface area is 244 Å². The van der Waals surface area contributed by atoms with E-state index in [-0.39, 0.29) is 17.6 Å². The van der Waals surface area contributed by atoms with Gasteiger partial charge >= 0.3 is 0 Å². The first-order valence-electron chi connectivity index (χ1n) is 14.0. The number of hydrogen-bond acceptors (Lipinski definition) is 5. The molecule has 0 N–H and O–H groups in total. The van der Waals surface area contributed by atoms with E-state index >= 15 is 0 Å². The van der Waals surface area contributed by atoms with Gasteiger partial charge < -0.3 is 19.3 Å². The van der Waals surface area contributed by atoms with Gasteiger partial charge in [0.15, 0.2) is 0 Å². The molecule has 2 heterocycles. The molecule has 1 fully saturated rings. The molecule has 1 saturated heterocycles. The summed E-state index contributed by atoms with van der Waals surface area (Å²) in [6.07, 6.45) is 0. The van der Waals surface area contributed by atoms with Gasteiger partial charge in [-0.05, 0) is 65.7 Å². The summed E-state index contributed by atoms with van der Waals surface area (Å²) < 4.78 is 25.2. The van der Waals surface area contributed by atoms with Crippen LogP contribution in [0.1, 0.15) is 33.4 Å². The van der Waals surface area contributed by atoms with Crippen molar-refractivity contribution >= 4 is 23.2 Å². The summed E-state index contributed by atoms with van der Waals surface area (Å²) in [5, 5.41) is 0. The molecule has 0 saturated carbocycles. The normalized spacial score (nSPS) is 18.5. The van der Waals surface area contributed by atoms with Gasteiger partial charge in [0.05, 0.1) is 31.9 Å². The van der Waals surface area contributed by atoms with Crippen LogP contribution in [0.4, 0.5) is 15.8 Å². The first-order valence-corrected chi connectivity index (χ1v) is 14.0. The number of anilines is 2. The topological polar surface area (TPSA) is 62.3 Å². The Hall–Kier alpha value is -4.85. The van der Waals surface area contributed by atoms with E-state index in [1.807, 2.05) is 82.6 Å². The van der Waals surface area contributed by atoms with E-state index in [1.165, 1.54) is 6.07 Å². The molecular formula is C34H32FN3O4. The number of para-hydroxylation sites is 1. The van der Waals surface area contributed by atoms with Crippen molar-refractivity contribution in [2.75, 3.05) is 50.2 Å². The molecule has 0 aromatic heterocycles. The molecule has 0 spiro atoms. The zero-order valence-corrected chi connectivity index (χ0v) is 23.6. The molecule has 214 valence electrons. The minimum absolute atomic E-state index is 0.0672. The van der Waals surface area contributed by atoms with E-state index in [9.17, 15) is 14.0 Å². The van der Waals surface area contributed by atoms with Gasteiger partial charge in [0, 0.05) is 37.4 Å². The van der Waals surface area contributed by atoms with Gasteiger partial charge in [0.25, 0.3) is 5.91 Å². The number of ether oxygens (including phenoxy) is 2. The van der Waals surface area contributed by atoms with Gasteiger partial charge in [-0.15, -0.1) is 0 Å². The minimum Gasteiger partial charge on any atom is -0.497 e. The lowest BCUT2D eigenvalue weighted by atomic mass is 9.78. The summed E-state index contributed by atoms with van der Waals surface area (Å²) in [7, 11) is 3.20. The van der Waals surface area contributed by atoms with Crippen LogP contribution in [0.3, 0.4) is 0 Å². The van der Waals surface area contributed by atoms with Crippen LogP contribution < -0.4 is 19.3 Å². The fourth-order valence-electron chi connectivity index (χ4n) is 6.04. The predicted molar refractivity (Wildman–Crippen MR) is 160 cm³/mol. The summed E-state index contributed by atoms with van der Waals surface area (Å²) in [4.78, 5) is 34.3. The van der Waals surface area contributed by atoms with Crippen LogP contribution in [0, 0.1) is 5.82 Å². The van der Waals surface area contributed by atoms with Crippen molar-refractivity contribution in [1.82, 2.24) is 4.90 Å². The van der Waals surface area contributed by atoms with Crippen molar-refractivity contribution in [2.24, 2.45) is 0 Å².